The van der Waals surface area contributed by atoms with Gasteiger partial charge in [-0.1, -0.05) is 6.92 Å². The number of ether oxygens (including phenoxy) is 2. The Balaban J connectivity index is 2.32. The summed E-state index contributed by atoms with van der Waals surface area (Å²) in [6.07, 6.45) is 1.51. The van der Waals surface area contributed by atoms with E-state index in [1.165, 1.54) is 4.31 Å². The van der Waals surface area contributed by atoms with Crippen LogP contribution >= 0.6 is 0 Å². The maximum Gasteiger partial charge on any atom is 0.246 e. The van der Waals surface area contributed by atoms with Gasteiger partial charge in [-0.3, -0.25) is 9.10 Å². The molecule has 1 aliphatic heterocycles. The number of rotatable bonds is 7. The molecule has 1 fully saturated rings. The Morgan fingerprint density at radius 1 is 1.24 bits per heavy atom. The molecule has 0 N–H and O–H groups in total. The van der Waals surface area contributed by atoms with E-state index in [1.807, 2.05) is 13.8 Å². The Morgan fingerprint density at radius 2 is 1.84 bits per heavy atom. The van der Waals surface area contributed by atoms with Gasteiger partial charge in [0.15, 0.2) is 0 Å². The van der Waals surface area contributed by atoms with Crippen LogP contribution in [0.3, 0.4) is 0 Å². The summed E-state index contributed by atoms with van der Waals surface area (Å²) < 4.78 is 36.7. The Kier molecular flexibility index (Phi) is 6.66. The lowest BCUT2D eigenvalue weighted by atomic mass is 10.1. The van der Waals surface area contributed by atoms with E-state index >= 15 is 0 Å². The van der Waals surface area contributed by atoms with Crippen molar-refractivity contribution in [2.45, 2.75) is 26.3 Å². The van der Waals surface area contributed by atoms with Crippen LogP contribution in [-0.2, 0) is 19.6 Å². The van der Waals surface area contributed by atoms with Gasteiger partial charge >= 0.3 is 0 Å². The van der Waals surface area contributed by atoms with Crippen molar-refractivity contribution in [1.29, 1.82) is 0 Å². The molecule has 0 radical (unpaired) electrons. The minimum absolute atomic E-state index is 0.190. The van der Waals surface area contributed by atoms with E-state index < -0.39 is 16.1 Å². The highest BCUT2D eigenvalue weighted by Crippen LogP contribution is 2.26. The normalized spacial score (nSPS) is 16.4. The smallest absolute Gasteiger partial charge is 0.246 e. The van der Waals surface area contributed by atoms with Crippen molar-refractivity contribution < 1.29 is 22.7 Å². The lowest BCUT2D eigenvalue weighted by molar-refractivity contribution is -0.136. The van der Waals surface area contributed by atoms with Crippen molar-refractivity contribution in [3.63, 3.8) is 0 Å². The first-order valence-corrected chi connectivity index (χ1v) is 10.3. The highest BCUT2D eigenvalue weighted by molar-refractivity contribution is 7.92. The molecule has 140 valence electrons. The van der Waals surface area contributed by atoms with E-state index in [0.717, 1.165) is 6.26 Å². The van der Waals surface area contributed by atoms with Crippen LogP contribution < -0.4 is 9.04 Å². The predicted octanol–water partition coefficient (Wildman–Crippen LogP) is 1.49. The molecule has 0 aliphatic carbocycles. The van der Waals surface area contributed by atoms with Crippen LogP contribution in [0.2, 0.25) is 0 Å². The highest BCUT2D eigenvalue weighted by atomic mass is 32.2. The summed E-state index contributed by atoms with van der Waals surface area (Å²) in [6, 6.07) is 5.99. The molecule has 25 heavy (non-hydrogen) atoms. The zero-order chi connectivity index (χ0) is 18.4. The first-order valence-electron chi connectivity index (χ1n) is 8.47. The van der Waals surface area contributed by atoms with Crippen LogP contribution in [-0.4, -0.2) is 64.4 Å². The van der Waals surface area contributed by atoms with Crippen molar-refractivity contribution in [3.05, 3.63) is 24.3 Å². The maximum atomic E-state index is 12.9. The van der Waals surface area contributed by atoms with Crippen LogP contribution in [0.15, 0.2) is 24.3 Å². The van der Waals surface area contributed by atoms with Crippen molar-refractivity contribution in [2.24, 2.45) is 0 Å². The molecule has 8 heteroatoms. The molecule has 0 aromatic heterocycles. The van der Waals surface area contributed by atoms with Crippen molar-refractivity contribution in [3.8, 4) is 5.75 Å². The fourth-order valence-electron chi connectivity index (χ4n) is 2.89. The second kappa shape index (κ2) is 8.53. The molecule has 0 saturated carbocycles. The van der Waals surface area contributed by atoms with Crippen LogP contribution in [0, 0.1) is 0 Å². The SMILES string of the molecule is CCOc1ccc(N([C@@H](CC)C(=O)N2CCOCC2)S(C)(=O)=O)cc1. The van der Waals surface area contributed by atoms with Crippen LogP contribution in [0.5, 0.6) is 5.75 Å². The van der Waals surface area contributed by atoms with E-state index in [1.54, 1.807) is 29.2 Å². The van der Waals surface area contributed by atoms with Crippen LogP contribution in [0.25, 0.3) is 0 Å². The number of hydrogen-bond donors (Lipinski definition) is 0. The van der Waals surface area contributed by atoms with Gasteiger partial charge in [0.05, 0.1) is 31.8 Å². The number of sulfonamides is 1. The summed E-state index contributed by atoms with van der Waals surface area (Å²) in [6.45, 7) is 6.14. The highest BCUT2D eigenvalue weighted by Gasteiger charge is 2.34. The summed E-state index contributed by atoms with van der Waals surface area (Å²) in [5.74, 6) is 0.470. The fraction of sp³-hybridized carbons (Fsp3) is 0.588. The molecule has 1 atom stereocenters. The van der Waals surface area contributed by atoms with E-state index in [-0.39, 0.29) is 5.91 Å². The number of amides is 1. The van der Waals surface area contributed by atoms with Gasteiger partial charge in [-0.05, 0) is 37.6 Å². The number of morpholine rings is 1. The summed E-state index contributed by atoms with van der Waals surface area (Å²) in [5, 5.41) is 0. The summed E-state index contributed by atoms with van der Waals surface area (Å²) in [5.41, 5.74) is 0.458. The first-order chi connectivity index (χ1) is 11.9. The molecule has 2 rings (SSSR count). The zero-order valence-corrected chi connectivity index (χ0v) is 15.8. The topological polar surface area (TPSA) is 76.2 Å². The minimum atomic E-state index is -3.62. The van der Waals surface area contributed by atoms with E-state index in [9.17, 15) is 13.2 Å². The Hall–Kier alpha value is -1.80. The third-order valence-electron chi connectivity index (χ3n) is 4.04. The summed E-state index contributed by atoms with van der Waals surface area (Å²) >= 11 is 0. The molecular formula is C17H26N2O5S. The first kappa shape index (κ1) is 19.5. The molecule has 0 unspecified atom stereocenters. The number of hydrogen-bond acceptors (Lipinski definition) is 5. The number of carbonyl (C=O) groups excluding carboxylic acids is 1. The minimum Gasteiger partial charge on any atom is -0.494 e. The number of carbonyl (C=O) groups is 1. The van der Waals surface area contributed by atoms with Crippen LogP contribution in [0.4, 0.5) is 5.69 Å². The number of nitrogens with zero attached hydrogens (tertiary/aromatic N) is 2. The summed E-state index contributed by atoms with van der Waals surface area (Å²) in [4.78, 5) is 14.6. The van der Waals surface area contributed by atoms with Crippen molar-refractivity contribution in [1.82, 2.24) is 4.90 Å². The second-order valence-corrected chi connectivity index (χ2v) is 7.71. The Labute approximate surface area is 149 Å². The average Bonchev–Trinajstić information content (AvgIpc) is 2.60. The largest absolute Gasteiger partial charge is 0.494 e. The number of benzene rings is 1. The van der Waals surface area contributed by atoms with Gasteiger partial charge in [-0.15, -0.1) is 0 Å². The van der Waals surface area contributed by atoms with E-state index in [0.29, 0.717) is 50.8 Å². The Morgan fingerprint density at radius 3 is 2.32 bits per heavy atom. The van der Waals surface area contributed by atoms with E-state index in [2.05, 4.69) is 0 Å². The lowest BCUT2D eigenvalue weighted by Gasteiger charge is -2.35. The monoisotopic (exact) mass is 370 g/mol. The molecule has 1 aromatic carbocycles. The van der Waals surface area contributed by atoms with Gasteiger partial charge < -0.3 is 14.4 Å². The molecule has 0 bridgehead atoms. The van der Waals surface area contributed by atoms with Crippen molar-refractivity contribution in [2.75, 3.05) is 43.5 Å². The maximum absolute atomic E-state index is 12.9. The molecule has 7 nitrogen and oxygen atoms in total. The van der Waals surface area contributed by atoms with Gasteiger partial charge in [0.1, 0.15) is 11.8 Å². The third-order valence-corrected chi connectivity index (χ3v) is 5.22. The lowest BCUT2D eigenvalue weighted by Crippen LogP contribution is -2.53. The zero-order valence-electron chi connectivity index (χ0n) is 15.0. The van der Waals surface area contributed by atoms with Gasteiger partial charge in [0, 0.05) is 13.1 Å². The van der Waals surface area contributed by atoms with Crippen LogP contribution in [0.1, 0.15) is 20.3 Å². The standard InChI is InChI=1S/C17H26N2O5S/c1-4-16(17(20)18-10-12-23-13-11-18)19(25(3,21)22)14-6-8-15(9-7-14)24-5-2/h6-9,16H,4-5,10-13H2,1-3H3/t16-/m0/s1. The molecule has 1 amide bonds. The van der Waals surface area contributed by atoms with Gasteiger partial charge in [-0.25, -0.2) is 8.42 Å². The molecule has 1 heterocycles. The average molecular weight is 370 g/mol. The van der Waals surface area contributed by atoms with Gasteiger partial charge in [-0.2, -0.15) is 0 Å². The molecule has 1 aromatic rings. The Bertz CT molecular complexity index is 669. The third kappa shape index (κ3) is 4.85. The molecule has 1 saturated heterocycles. The predicted molar refractivity (Wildman–Crippen MR) is 96.4 cm³/mol. The second-order valence-electron chi connectivity index (χ2n) is 5.85. The quantitative estimate of drug-likeness (QED) is 0.727. The fourth-order valence-corrected chi connectivity index (χ4v) is 4.10. The van der Waals surface area contributed by atoms with Crippen molar-refractivity contribution >= 4 is 21.6 Å². The molecule has 0 spiro atoms. The number of anilines is 1. The molecular weight excluding hydrogens is 344 g/mol. The van der Waals surface area contributed by atoms with E-state index in [4.69, 9.17) is 9.47 Å². The van der Waals surface area contributed by atoms with Gasteiger partial charge in [0.2, 0.25) is 15.9 Å². The molecule has 1 aliphatic rings. The summed E-state index contributed by atoms with van der Waals surface area (Å²) in [7, 11) is -3.62. The van der Waals surface area contributed by atoms with Gasteiger partial charge in [0.25, 0.3) is 0 Å².